The van der Waals surface area contributed by atoms with E-state index in [1.165, 1.54) is 5.56 Å². The van der Waals surface area contributed by atoms with E-state index in [4.69, 9.17) is 4.74 Å². The van der Waals surface area contributed by atoms with Crippen LogP contribution in [0.15, 0.2) is 16.6 Å². The van der Waals surface area contributed by atoms with Gasteiger partial charge in [-0.2, -0.15) is 0 Å². The molecule has 1 aromatic carbocycles. The maximum atomic E-state index is 10.9. The molecule has 0 unspecified atom stereocenters. The second kappa shape index (κ2) is 6.27. The van der Waals surface area contributed by atoms with Gasteiger partial charge in [0.05, 0.1) is 12.2 Å². The van der Waals surface area contributed by atoms with Crippen LogP contribution in [0, 0.1) is 0 Å². The maximum Gasteiger partial charge on any atom is 0.125 e. The molecule has 0 atom stereocenters. The predicted octanol–water partition coefficient (Wildman–Crippen LogP) is 3.21. The first kappa shape index (κ1) is 15.3. The molecule has 1 aromatic rings. The lowest BCUT2D eigenvalue weighted by Crippen LogP contribution is -2.42. The molecule has 0 saturated heterocycles. The van der Waals surface area contributed by atoms with E-state index in [-0.39, 0.29) is 0 Å². The second-order valence-corrected chi connectivity index (χ2v) is 7.30. The van der Waals surface area contributed by atoms with Gasteiger partial charge in [-0.3, -0.25) is 0 Å². The van der Waals surface area contributed by atoms with E-state index in [2.05, 4.69) is 40.3 Å². The highest BCUT2D eigenvalue weighted by molar-refractivity contribution is 9.10. The van der Waals surface area contributed by atoms with Crippen LogP contribution in [0.5, 0.6) is 5.75 Å². The first-order valence-corrected chi connectivity index (χ1v) is 8.79. The molecule has 1 aliphatic heterocycles. The number of hydrogen-bond donors (Lipinski definition) is 2. The van der Waals surface area contributed by atoms with Crippen molar-refractivity contribution in [2.75, 3.05) is 13.2 Å². The average molecular weight is 354 g/mol. The second-order valence-electron chi connectivity index (χ2n) is 6.38. The minimum Gasteiger partial charge on any atom is -0.493 e. The molecule has 0 bridgehead atoms. The van der Waals surface area contributed by atoms with Crippen LogP contribution in [0.1, 0.15) is 43.7 Å². The van der Waals surface area contributed by atoms with Crippen molar-refractivity contribution < 1.29 is 9.84 Å². The van der Waals surface area contributed by atoms with Crippen molar-refractivity contribution in [2.45, 2.75) is 57.1 Å². The van der Waals surface area contributed by atoms with Crippen LogP contribution in [0.25, 0.3) is 0 Å². The van der Waals surface area contributed by atoms with Crippen LogP contribution >= 0.6 is 15.9 Å². The van der Waals surface area contributed by atoms with Crippen LogP contribution in [-0.4, -0.2) is 29.9 Å². The number of aliphatic hydroxyl groups is 1. The van der Waals surface area contributed by atoms with Gasteiger partial charge >= 0.3 is 0 Å². The zero-order valence-corrected chi connectivity index (χ0v) is 14.2. The minimum atomic E-state index is -0.577. The van der Waals surface area contributed by atoms with Gasteiger partial charge in [-0.25, -0.2) is 0 Å². The Labute approximate surface area is 135 Å². The molecule has 2 N–H and O–H groups in total. The minimum absolute atomic E-state index is 0.569. The molecule has 0 amide bonds. The standard InChI is InChI=1S/C17H24BrNO2/c1-2-19-15-3-6-17(20,7-4-15)11-13-10-14(18)9-12-5-8-21-16(12)13/h9-10,15,19-20H,2-8,11H2,1H3. The number of nitrogens with one attached hydrogen (secondary N) is 1. The largest absolute Gasteiger partial charge is 0.493 e. The summed E-state index contributed by atoms with van der Waals surface area (Å²) in [4.78, 5) is 0. The first-order valence-electron chi connectivity index (χ1n) is 7.99. The van der Waals surface area contributed by atoms with E-state index in [1.54, 1.807) is 0 Å². The Kier molecular flexibility index (Phi) is 4.57. The van der Waals surface area contributed by atoms with Gasteiger partial charge in [0.25, 0.3) is 0 Å². The van der Waals surface area contributed by atoms with E-state index in [0.29, 0.717) is 12.5 Å². The molecule has 3 nitrogen and oxygen atoms in total. The number of rotatable bonds is 4. The van der Waals surface area contributed by atoms with Crippen molar-refractivity contribution >= 4 is 15.9 Å². The fourth-order valence-corrected chi connectivity index (χ4v) is 4.21. The van der Waals surface area contributed by atoms with Crippen molar-refractivity contribution in [2.24, 2.45) is 0 Å². The van der Waals surface area contributed by atoms with E-state index in [0.717, 1.165) is 61.0 Å². The Morgan fingerprint density at radius 3 is 2.86 bits per heavy atom. The number of halogens is 1. The van der Waals surface area contributed by atoms with E-state index in [1.807, 2.05) is 0 Å². The van der Waals surface area contributed by atoms with Gasteiger partial charge in [-0.05, 0) is 55.5 Å². The smallest absolute Gasteiger partial charge is 0.125 e. The Morgan fingerprint density at radius 2 is 2.14 bits per heavy atom. The molecule has 1 saturated carbocycles. The summed E-state index contributed by atoms with van der Waals surface area (Å²) in [6.07, 6.45) is 5.52. The summed E-state index contributed by atoms with van der Waals surface area (Å²) in [5.74, 6) is 1.01. The van der Waals surface area contributed by atoms with Crippen molar-refractivity contribution in [3.63, 3.8) is 0 Å². The first-order chi connectivity index (χ1) is 10.1. The van der Waals surface area contributed by atoms with Gasteiger partial charge in [0, 0.05) is 23.4 Å². The van der Waals surface area contributed by atoms with Crippen LogP contribution in [0.2, 0.25) is 0 Å². The lowest BCUT2D eigenvalue weighted by atomic mass is 9.78. The van der Waals surface area contributed by atoms with Crippen LogP contribution in [0.4, 0.5) is 0 Å². The number of hydrogen-bond acceptors (Lipinski definition) is 3. The number of ether oxygens (including phenoxy) is 1. The molecule has 1 heterocycles. The molecule has 4 heteroatoms. The van der Waals surface area contributed by atoms with E-state index < -0.39 is 5.60 Å². The van der Waals surface area contributed by atoms with Gasteiger partial charge < -0.3 is 15.2 Å². The maximum absolute atomic E-state index is 10.9. The highest BCUT2D eigenvalue weighted by atomic mass is 79.9. The average Bonchev–Trinajstić information content (AvgIpc) is 2.90. The van der Waals surface area contributed by atoms with Gasteiger partial charge in [0.1, 0.15) is 5.75 Å². The molecule has 21 heavy (non-hydrogen) atoms. The number of benzene rings is 1. The molecular formula is C17H24BrNO2. The quantitative estimate of drug-likeness (QED) is 0.873. The lowest BCUT2D eigenvalue weighted by Gasteiger charge is -2.36. The van der Waals surface area contributed by atoms with E-state index in [9.17, 15) is 5.11 Å². The van der Waals surface area contributed by atoms with Crippen LogP contribution < -0.4 is 10.1 Å². The zero-order valence-electron chi connectivity index (χ0n) is 12.6. The molecule has 116 valence electrons. The Hall–Kier alpha value is -0.580. The van der Waals surface area contributed by atoms with Gasteiger partial charge in [-0.1, -0.05) is 22.9 Å². The fourth-order valence-electron chi connectivity index (χ4n) is 3.66. The summed E-state index contributed by atoms with van der Waals surface area (Å²) in [5.41, 5.74) is 1.84. The number of fused-ring (bicyclic) bond motifs is 1. The van der Waals surface area contributed by atoms with Crippen molar-refractivity contribution in [1.82, 2.24) is 5.32 Å². The van der Waals surface area contributed by atoms with Crippen molar-refractivity contribution in [1.29, 1.82) is 0 Å². The van der Waals surface area contributed by atoms with Gasteiger partial charge in [0.15, 0.2) is 0 Å². The third-order valence-corrected chi connectivity index (χ3v) is 5.21. The van der Waals surface area contributed by atoms with Gasteiger partial charge in [-0.15, -0.1) is 0 Å². The molecule has 3 rings (SSSR count). The summed E-state index contributed by atoms with van der Waals surface area (Å²) in [6, 6.07) is 4.82. The van der Waals surface area contributed by atoms with Gasteiger partial charge in [0.2, 0.25) is 0 Å². The van der Waals surface area contributed by atoms with E-state index >= 15 is 0 Å². The molecule has 1 fully saturated rings. The summed E-state index contributed by atoms with van der Waals surface area (Å²) in [6.45, 7) is 3.92. The Balaban J connectivity index is 1.72. The summed E-state index contributed by atoms with van der Waals surface area (Å²) in [7, 11) is 0. The molecule has 0 aromatic heterocycles. The topological polar surface area (TPSA) is 41.5 Å². The molecule has 0 radical (unpaired) electrons. The molecular weight excluding hydrogens is 330 g/mol. The van der Waals surface area contributed by atoms with Crippen molar-refractivity contribution in [3.05, 3.63) is 27.7 Å². The fraction of sp³-hybridized carbons (Fsp3) is 0.647. The molecule has 2 aliphatic rings. The lowest BCUT2D eigenvalue weighted by molar-refractivity contribution is -0.00337. The molecule has 0 spiro atoms. The van der Waals surface area contributed by atoms with Crippen LogP contribution in [0.3, 0.4) is 0 Å². The summed E-state index contributed by atoms with van der Waals surface area (Å²) < 4.78 is 6.88. The highest BCUT2D eigenvalue weighted by Crippen LogP contribution is 2.38. The summed E-state index contributed by atoms with van der Waals surface area (Å²) >= 11 is 3.58. The predicted molar refractivity (Wildman–Crippen MR) is 87.9 cm³/mol. The normalized spacial score (nSPS) is 28.2. The zero-order chi connectivity index (χ0) is 14.9. The van der Waals surface area contributed by atoms with Crippen LogP contribution in [-0.2, 0) is 12.8 Å². The Bertz CT molecular complexity index is 510. The third kappa shape index (κ3) is 3.43. The highest BCUT2D eigenvalue weighted by Gasteiger charge is 2.34. The summed E-state index contributed by atoms with van der Waals surface area (Å²) in [5, 5.41) is 14.4. The molecule has 1 aliphatic carbocycles. The Morgan fingerprint density at radius 1 is 1.38 bits per heavy atom. The third-order valence-electron chi connectivity index (χ3n) is 4.75. The van der Waals surface area contributed by atoms with Crippen molar-refractivity contribution in [3.8, 4) is 5.75 Å². The SMILES string of the molecule is CCNC1CCC(O)(Cc2cc(Br)cc3c2OCC3)CC1. The monoisotopic (exact) mass is 353 g/mol.